The first kappa shape index (κ1) is 20.5. The highest BCUT2D eigenvalue weighted by Crippen LogP contribution is 2.62. The summed E-state index contributed by atoms with van der Waals surface area (Å²) < 4.78 is 44.4. The Balaban J connectivity index is 1.51. The number of nitrogens with one attached hydrogen (secondary N) is 1. The van der Waals surface area contributed by atoms with Gasteiger partial charge in [-0.3, -0.25) is 4.79 Å². The maximum absolute atomic E-state index is 14.4. The topological polar surface area (TPSA) is 102 Å². The fourth-order valence-electron chi connectivity index (χ4n) is 5.94. The Kier molecular flexibility index (Phi) is 4.89. The maximum atomic E-state index is 14.4. The van der Waals surface area contributed by atoms with Gasteiger partial charge in [0, 0.05) is 11.5 Å². The number of ether oxygens (including phenoxy) is 1. The van der Waals surface area contributed by atoms with Crippen LogP contribution >= 0.6 is 11.6 Å². The minimum atomic E-state index is -3.83. The van der Waals surface area contributed by atoms with E-state index in [1.807, 2.05) is 0 Å². The third-order valence-electron chi connectivity index (χ3n) is 6.42. The van der Waals surface area contributed by atoms with Crippen molar-refractivity contribution >= 4 is 27.5 Å². The molecule has 0 spiro atoms. The second-order valence-electron chi connectivity index (χ2n) is 9.03. The molecule has 4 fully saturated rings. The van der Waals surface area contributed by atoms with Crippen LogP contribution in [0, 0.1) is 28.0 Å². The van der Waals surface area contributed by atoms with Gasteiger partial charge in [0.2, 0.25) is 10.0 Å². The molecule has 10 heteroatoms. The molecule has 158 valence electrons. The predicted octanol–water partition coefficient (Wildman–Crippen LogP) is 3.65. The van der Waals surface area contributed by atoms with Gasteiger partial charge < -0.3 is 4.74 Å². The highest BCUT2D eigenvalue weighted by molar-refractivity contribution is 7.89. The number of amides is 1. The Bertz CT molecular complexity index is 969. The van der Waals surface area contributed by atoms with E-state index in [2.05, 4.69) is 5.18 Å². The van der Waals surface area contributed by atoms with Crippen LogP contribution in [0.25, 0.3) is 0 Å². The number of nitrogens with zero attached hydrogens (tertiary/aromatic N) is 1. The minimum absolute atomic E-state index is 0.0120. The molecule has 0 saturated heterocycles. The standard InChI is InChI=1S/C19H22ClFN2O5S/c1-29(26,27)22-17(24)13-3-14(20)16(4-15(13)21)28-10-18-5-11-2-12(6-18)8-19(7-11,9-18)23-25/h3-4,11-12H,2,5-10H2,1H3,(H,22,24). The van der Waals surface area contributed by atoms with Gasteiger partial charge in [-0.05, 0) is 56.4 Å². The van der Waals surface area contributed by atoms with Crippen LogP contribution in [0.5, 0.6) is 5.75 Å². The normalized spacial score (nSPS) is 32.8. The molecule has 4 aliphatic carbocycles. The van der Waals surface area contributed by atoms with E-state index in [4.69, 9.17) is 16.3 Å². The molecule has 1 aromatic carbocycles. The molecule has 1 N–H and O–H groups in total. The van der Waals surface area contributed by atoms with Crippen LogP contribution in [0.3, 0.4) is 0 Å². The molecule has 4 saturated carbocycles. The molecule has 5 rings (SSSR count). The summed E-state index contributed by atoms with van der Waals surface area (Å²) in [4.78, 5) is 23.5. The molecule has 0 radical (unpaired) electrons. The zero-order valence-corrected chi connectivity index (χ0v) is 17.5. The van der Waals surface area contributed by atoms with Crippen molar-refractivity contribution in [2.75, 3.05) is 12.9 Å². The molecule has 7 nitrogen and oxygen atoms in total. The summed E-state index contributed by atoms with van der Waals surface area (Å²) in [5, 5.41) is 3.50. The number of carbonyl (C=O) groups is 1. The fourth-order valence-corrected chi connectivity index (χ4v) is 6.61. The molecule has 0 aromatic heterocycles. The van der Waals surface area contributed by atoms with Gasteiger partial charge >= 0.3 is 0 Å². The van der Waals surface area contributed by atoms with Gasteiger partial charge in [0.1, 0.15) is 17.1 Å². The van der Waals surface area contributed by atoms with Crippen molar-refractivity contribution in [3.63, 3.8) is 0 Å². The summed E-state index contributed by atoms with van der Waals surface area (Å²) in [7, 11) is -3.83. The number of sulfonamides is 1. The van der Waals surface area contributed by atoms with Crippen molar-refractivity contribution in [2.24, 2.45) is 22.4 Å². The van der Waals surface area contributed by atoms with Gasteiger partial charge in [0.25, 0.3) is 5.91 Å². The zero-order valence-electron chi connectivity index (χ0n) is 15.9. The van der Waals surface area contributed by atoms with Crippen LogP contribution in [-0.2, 0) is 10.0 Å². The Morgan fingerprint density at radius 1 is 1.31 bits per heavy atom. The average molecular weight is 445 g/mol. The first-order valence-electron chi connectivity index (χ1n) is 9.51. The molecule has 1 aromatic rings. The van der Waals surface area contributed by atoms with Gasteiger partial charge in [-0.2, -0.15) is 4.91 Å². The Morgan fingerprint density at radius 2 is 1.97 bits per heavy atom. The van der Waals surface area contributed by atoms with Crippen LogP contribution in [-0.4, -0.2) is 32.7 Å². The van der Waals surface area contributed by atoms with Crippen molar-refractivity contribution in [3.05, 3.63) is 33.4 Å². The lowest BCUT2D eigenvalue weighted by molar-refractivity contribution is -0.0863. The molecular weight excluding hydrogens is 423 g/mol. The number of benzene rings is 1. The molecule has 2 unspecified atom stereocenters. The second-order valence-corrected chi connectivity index (χ2v) is 11.2. The van der Waals surface area contributed by atoms with Gasteiger partial charge in [0.15, 0.2) is 0 Å². The summed E-state index contributed by atoms with van der Waals surface area (Å²) in [5.74, 6) is -1.01. The van der Waals surface area contributed by atoms with E-state index in [0.717, 1.165) is 50.5 Å². The number of hydrogen-bond donors (Lipinski definition) is 1. The van der Waals surface area contributed by atoms with E-state index in [-0.39, 0.29) is 16.2 Å². The maximum Gasteiger partial charge on any atom is 0.267 e. The number of halogens is 2. The molecule has 4 bridgehead atoms. The summed E-state index contributed by atoms with van der Waals surface area (Å²) in [6, 6.07) is 2.05. The summed E-state index contributed by atoms with van der Waals surface area (Å²) in [6.07, 6.45) is 6.19. The van der Waals surface area contributed by atoms with Crippen molar-refractivity contribution in [2.45, 2.75) is 44.1 Å². The molecule has 1 amide bonds. The number of nitroso groups, excluding NO2 is 1. The van der Waals surface area contributed by atoms with Crippen LogP contribution in [0.1, 0.15) is 48.9 Å². The lowest BCUT2D eigenvalue weighted by Crippen LogP contribution is -2.56. The third kappa shape index (κ3) is 3.99. The molecular formula is C19H22ClFN2O5S. The highest BCUT2D eigenvalue weighted by Gasteiger charge is 2.59. The first-order chi connectivity index (χ1) is 13.5. The largest absolute Gasteiger partial charge is 0.491 e. The number of hydrogen-bond acceptors (Lipinski definition) is 6. The zero-order chi connectivity index (χ0) is 21.0. The molecule has 4 aliphatic rings. The number of rotatable bonds is 6. The molecule has 29 heavy (non-hydrogen) atoms. The van der Waals surface area contributed by atoms with E-state index in [0.29, 0.717) is 24.9 Å². The van der Waals surface area contributed by atoms with Gasteiger partial charge in [0.05, 0.1) is 23.4 Å². The Labute approximate surface area is 173 Å². The van der Waals surface area contributed by atoms with Crippen LogP contribution in [0.4, 0.5) is 4.39 Å². The highest BCUT2D eigenvalue weighted by atomic mass is 35.5. The lowest BCUT2D eigenvalue weighted by atomic mass is 9.47. The summed E-state index contributed by atoms with van der Waals surface area (Å²) in [6.45, 7) is 0.297. The van der Waals surface area contributed by atoms with Crippen molar-refractivity contribution in [3.8, 4) is 5.75 Å². The predicted molar refractivity (Wildman–Crippen MR) is 105 cm³/mol. The summed E-state index contributed by atoms with van der Waals surface area (Å²) in [5.41, 5.74) is -1.16. The SMILES string of the molecule is CS(=O)(=O)NC(=O)c1cc(Cl)c(OCC23CC4CC(C2)CC(N=O)(C4)C3)cc1F. The molecule has 0 heterocycles. The number of carbonyl (C=O) groups excluding carboxylic acids is 1. The molecule has 0 aliphatic heterocycles. The van der Waals surface area contributed by atoms with Gasteiger partial charge in [-0.1, -0.05) is 16.8 Å². The van der Waals surface area contributed by atoms with Crippen LogP contribution < -0.4 is 9.46 Å². The minimum Gasteiger partial charge on any atom is -0.491 e. The van der Waals surface area contributed by atoms with Crippen molar-refractivity contribution in [1.29, 1.82) is 0 Å². The van der Waals surface area contributed by atoms with Gasteiger partial charge in [-0.25, -0.2) is 17.5 Å². The van der Waals surface area contributed by atoms with E-state index >= 15 is 0 Å². The van der Waals surface area contributed by atoms with E-state index in [1.165, 1.54) is 0 Å². The average Bonchev–Trinajstić information content (AvgIpc) is 2.59. The quantitative estimate of drug-likeness (QED) is 0.674. The van der Waals surface area contributed by atoms with Crippen molar-refractivity contribution < 1.29 is 22.3 Å². The van der Waals surface area contributed by atoms with E-state index in [9.17, 15) is 22.5 Å². The smallest absolute Gasteiger partial charge is 0.267 e. The van der Waals surface area contributed by atoms with Gasteiger partial charge in [-0.15, -0.1) is 0 Å². The first-order valence-corrected chi connectivity index (χ1v) is 11.8. The third-order valence-corrected chi connectivity index (χ3v) is 7.27. The monoisotopic (exact) mass is 444 g/mol. The lowest BCUT2D eigenvalue weighted by Gasteiger charge is -2.59. The second kappa shape index (κ2) is 6.91. The summed E-state index contributed by atoms with van der Waals surface area (Å²) >= 11 is 6.17. The van der Waals surface area contributed by atoms with Crippen LogP contribution in [0.2, 0.25) is 5.02 Å². The Morgan fingerprint density at radius 3 is 2.55 bits per heavy atom. The van der Waals surface area contributed by atoms with E-state index < -0.39 is 32.9 Å². The Hall–Kier alpha value is -1.74. The van der Waals surface area contributed by atoms with Crippen molar-refractivity contribution in [1.82, 2.24) is 4.72 Å². The van der Waals surface area contributed by atoms with Crippen LogP contribution in [0.15, 0.2) is 17.3 Å². The fraction of sp³-hybridized carbons (Fsp3) is 0.632. The molecule has 2 atom stereocenters. The van der Waals surface area contributed by atoms with E-state index in [1.54, 1.807) is 4.72 Å².